The van der Waals surface area contributed by atoms with Crippen LogP contribution in [0, 0.1) is 18.6 Å². The first kappa shape index (κ1) is 17.1. The van der Waals surface area contributed by atoms with Gasteiger partial charge in [-0.15, -0.1) is 0 Å². The Kier molecular flexibility index (Phi) is 4.53. The summed E-state index contributed by atoms with van der Waals surface area (Å²) in [4.78, 5) is 25.5. The van der Waals surface area contributed by atoms with E-state index in [0.717, 1.165) is 23.6 Å². The third-order valence-corrected chi connectivity index (χ3v) is 4.32. The summed E-state index contributed by atoms with van der Waals surface area (Å²) >= 11 is 0. The second-order valence-electron chi connectivity index (χ2n) is 6.13. The molecule has 25 heavy (non-hydrogen) atoms. The molecule has 2 aromatic rings. The molecule has 0 saturated carbocycles. The molecule has 2 amide bonds. The number of benzene rings is 2. The Bertz CT molecular complexity index is 865. The van der Waals surface area contributed by atoms with Gasteiger partial charge in [0, 0.05) is 19.0 Å². The van der Waals surface area contributed by atoms with Gasteiger partial charge in [-0.3, -0.25) is 9.59 Å². The minimum atomic E-state index is -0.632. The summed E-state index contributed by atoms with van der Waals surface area (Å²) in [5.74, 6) is -1.93. The topological polar surface area (TPSA) is 49.4 Å². The second-order valence-corrected chi connectivity index (χ2v) is 6.13. The van der Waals surface area contributed by atoms with Crippen LogP contribution in [0.4, 0.5) is 20.2 Å². The summed E-state index contributed by atoms with van der Waals surface area (Å²) in [6.45, 7) is 3.53. The number of amides is 2. The summed E-state index contributed by atoms with van der Waals surface area (Å²) in [6, 6.07) is 6.80. The van der Waals surface area contributed by atoms with Crippen molar-refractivity contribution in [3.63, 3.8) is 0 Å². The van der Waals surface area contributed by atoms with Crippen LogP contribution in [0.25, 0.3) is 0 Å². The third kappa shape index (κ3) is 3.24. The van der Waals surface area contributed by atoms with Gasteiger partial charge in [-0.05, 0) is 55.2 Å². The van der Waals surface area contributed by atoms with Crippen molar-refractivity contribution >= 4 is 23.2 Å². The highest BCUT2D eigenvalue weighted by Gasteiger charge is 2.28. The summed E-state index contributed by atoms with van der Waals surface area (Å²) < 4.78 is 28.2. The zero-order valence-electron chi connectivity index (χ0n) is 14.0. The maximum absolute atomic E-state index is 14.4. The quantitative estimate of drug-likeness (QED) is 0.900. The third-order valence-electron chi connectivity index (χ3n) is 4.32. The van der Waals surface area contributed by atoms with Crippen molar-refractivity contribution in [1.29, 1.82) is 0 Å². The van der Waals surface area contributed by atoms with Gasteiger partial charge in [-0.2, -0.15) is 0 Å². The number of hydrogen-bond acceptors (Lipinski definition) is 2. The number of carbonyl (C=O) groups is 2. The Labute approximate surface area is 144 Å². The lowest BCUT2D eigenvalue weighted by Gasteiger charge is -2.31. The smallest absolute Gasteiger partial charge is 0.258 e. The van der Waals surface area contributed by atoms with E-state index in [1.54, 1.807) is 6.07 Å². The van der Waals surface area contributed by atoms with E-state index in [1.807, 2.05) is 6.92 Å². The van der Waals surface area contributed by atoms with Gasteiger partial charge < -0.3 is 10.2 Å². The first-order valence-corrected chi connectivity index (χ1v) is 8.05. The van der Waals surface area contributed by atoms with Crippen molar-refractivity contribution in [2.24, 2.45) is 0 Å². The molecule has 1 heterocycles. The van der Waals surface area contributed by atoms with Crippen LogP contribution in [-0.4, -0.2) is 18.4 Å². The molecule has 1 N–H and O–H groups in total. The van der Waals surface area contributed by atoms with Gasteiger partial charge >= 0.3 is 0 Å². The number of nitrogens with one attached hydrogen (secondary N) is 1. The fourth-order valence-electron chi connectivity index (χ4n) is 3.14. The van der Waals surface area contributed by atoms with Crippen molar-refractivity contribution in [1.82, 2.24) is 0 Å². The zero-order valence-corrected chi connectivity index (χ0v) is 14.0. The SMILES string of the molecule is CC(=O)Nc1cc(C(=O)N2CCCc3c(C)ccc(F)c32)ccc1F. The number of nitrogens with zero attached hydrogens (tertiary/aromatic N) is 1. The van der Waals surface area contributed by atoms with Gasteiger partial charge in [0.2, 0.25) is 5.91 Å². The lowest BCUT2D eigenvalue weighted by atomic mass is 9.96. The average Bonchev–Trinajstić information content (AvgIpc) is 2.58. The number of aryl methyl sites for hydroxylation is 1. The van der Waals surface area contributed by atoms with E-state index >= 15 is 0 Å². The highest BCUT2D eigenvalue weighted by Crippen LogP contribution is 2.33. The fraction of sp³-hybridized carbons (Fsp3) is 0.263. The Morgan fingerprint density at radius 1 is 1.12 bits per heavy atom. The molecule has 1 aliphatic heterocycles. The Morgan fingerprint density at radius 2 is 1.84 bits per heavy atom. The number of fused-ring (bicyclic) bond motifs is 1. The predicted molar refractivity (Wildman–Crippen MR) is 91.8 cm³/mol. The minimum Gasteiger partial charge on any atom is -0.324 e. The van der Waals surface area contributed by atoms with Crippen LogP contribution in [0.2, 0.25) is 0 Å². The number of carbonyl (C=O) groups excluding carboxylic acids is 2. The summed E-state index contributed by atoms with van der Waals surface area (Å²) in [6.07, 6.45) is 1.44. The molecule has 1 aliphatic rings. The molecular formula is C19H18F2N2O2. The van der Waals surface area contributed by atoms with Gasteiger partial charge in [0.1, 0.15) is 11.6 Å². The first-order valence-electron chi connectivity index (χ1n) is 8.05. The van der Waals surface area contributed by atoms with Crippen molar-refractivity contribution in [3.05, 3.63) is 58.7 Å². The van der Waals surface area contributed by atoms with Crippen LogP contribution < -0.4 is 10.2 Å². The zero-order chi connectivity index (χ0) is 18.1. The Hall–Kier alpha value is -2.76. The summed E-state index contributed by atoms with van der Waals surface area (Å²) in [5, 5.41) is 2.35. The highest BCUT2D eigenvalue weighted by atomic mass is 19.1. The first-order chi connectivity index (χ1) is 11.9. The van der Waals surface area contributed by atoms with Crippen molar-refractivity contribution in [2.45, 2.75) is 26.7 Å². The fourth-order valence-corrected chi connectivity index (χ4v) is 3.14. The molecule has 0 aromatic heterocycles. The Balaban J connectivity index is 2.01. The molecule has 3 rings (SSSR count). The molecule has 2 aromatic carbocycles. The van der Waals surface area contributed by atoms with Crippen molar-refractivity contribution < 1.29 is 18.4 Å². The summed E-state index contributed by atoms with van der Waals surface area (Å²) in [7, 11) is 0. The number of halogens is 2. The predicted octanol–water partition coefficient (Wildman–Crippen LogP) is 3.82. The molecule has 0 radical (unpaired) electrons. The monoisotopic (exact) mass is 344 g/mol. The van der Waals surface area contributed by atoms with Crippen LogP contribution in [-0.2, 0) is 11.2 Å². The number of rotatable bonds is 2. The van der Waals surface area contributed by atoms with E-state index in [-0.39, 0.29) is 11.3 Å². The molecule has 4 nitrogen and oxygen atoms in total. The largest absolute Gasteiger partial charge is 0.324 e. The van der Waals surface area contributed by atoms with Gasteiger partial charge in [0.15, 0.2) is 0 Å². The van der Waals surface area contributed by atoms with E-state index in [4.69, 9.17) is 0 Å². The number of hydrogen-bond donors (Lipinski definition) is 1. The van der Waals surface area contributed by atoms with Gasteiger partial charge in [-0.1, -0.05) is 6.07 Å². The van der Waals surface area contributed by atoms with E-state index < -0.39 is 23.4 Å². The maximum Gasteiger partial charge on any atom is 0.258 e. The normalized spacial score (nSPS) is 13.4. The van der Waals surface area contributed by atoms with E-state index in [9.17, 15) is 18.4 Å². The van der Waals surface area contributed by atoms with Crippen LogP contribution >= 0.6 is 0 Å². The van der Waals surface area contributed by atoms with Crippen LogP contribution in [0.5, 0.6) is 0 Å². The standard InChI is InChI=1S/C19H18F2N2O2/c1-11-5-7-16(21)18-14(11)4-3-9-23(18)19(25)13-6-8-15(20)17(10-13)22-12(2)24/h5-8,10H,3-4,9H2,1-2H3,(H,22,24). The van der Waals surface area contributed by atoms with Crippen molar-refractivity contribution in [2.75, 3.05) is 16.8 Å². The van der Waals surface area contributed by atoms with Gasteiger partial charge in [-0.25, -0.2) is 8.78 Å². The lowest BCUT2D eigenvalue weighted by Crippen LogP contribution is -2.36. The van der Waals surface area contributed by atoms with Gasteiger partial charge in [0.05, 0.1) is 11.4 Å². The molecule has 0 fully saturated rings. The van der Waals surface area contributed by atoms with E-state index in [0.29, 0.717) is 18.7 Å². The number of anilines is 2. The molecule has 0 atom stereocenters. The molecule has 0 spiro atoms. The lowest BCUT2D eigenvalue weighted by molar-refractivity contribution is -0.114. The molecule has 6 heteroatoms. The van der Waals surface area contributed by atoms with Crippen LogP contribution in [0.15, 0.2) is 30.3 Å². The molecule has 0 unspecified atom stereocenters. The highest BCUT2D eigenvalue weighted by molar-refractivity contribution is 6.07. The van der Waals surface area contributed by atoms with E-state index in [1.165, 1.54) is 30.0 Å². The van der Waals surface area contributed by atoms with Gasteiger partial charge in [0.25, 0.3) is 5.91 Å². The molecular weight excluding hydrogens is 326 g/mol. The molecule has 0 aliphatic carbocycles. The van der Waals surface area contributed by atoms with E-state index in [2.05, 4.69) is 5.32 Å². The molecule has 130 valence electrons. The van der Waals surface area contributed by atoms with Crippen LogP contribution in [0.3, 0.4) is 0 Å². The average molecular weight is 344 g/mol. The second kappa shape index (κ2) is 6.63. The summed E-state index contributed by atoms with van der Waals surface area (Å²) in [5.41, 5.74) is 2.18. The van der Waals surface area contributed by atoms with Crippen molar-refractivity contribution in [3.8, 4) is 0 Å². The van der Waals surface area contributed by atoms with Crippen LogP contribution in [0.1, 0.15) is 34.8 Å². The minimum absolute atomic E-state index is 0.0692. The Morgan fingerprint density at radius 3 is 2.56 bits per heavy atom. The maximum atomic E-state index is 14.4. The molecule has 0 saturated heterocycles. The molecule has 0 bridgehead atoms.